The van der Waals surface area contributed by atoms with Gasteiger partial charge in [-0.1, -0.05) is 29.8 Å². The van der Waals surface area contributed by atoms with Crippen molar-refractivity contribution in [3.63, 3.8) is 0 Å². The average Bonchev–Trinajstić information content (AvgIpc) is 2.78. The SMILES string of the molecule is Cc1cccc(CCC(=O)N2CCN(c3ccc(N4CCCCC4)nn3)CC2)c1. The Morgan fingerprint density at radius 1 is 0.862 bits per heavy atom. The fourth-order valence-electron chi connectivity index (χ4n) is 4.24. The zero-order chi connectivity index (χ0) is 20.1. The topological polar surface area (TPSA) is 52.6 Å². The first-order valence-electron chi connectivity index (χ1n) is 10.9. The van der Waals surface area contributed by atoms with Crippen molar-refractivity contribution in [2.75, 3.05) is 49.1 Å². The van der Waals surface area contributed by atoms with Gasteiger partial charge >= 0.3 is 0 Å². The summed E-state index contributed by atoms with van der Waals surface area (Å²) in [4.78, 5) is 19.1. The van der Waals surface area contributed by atoms with E-state index in [-0.39, 0.29) is 5.91 Å². The largest absolute Gasteiger partial charge is 0.355 e. The highest BCUT2D eigenvalue weighted by Crippen LogP contribution is 2.20. The Balaban J connectivity index is 1.26. The minimum atomic E-state index is 0.248. The molecule has 154 valence electrons. The molecule has 0 N–H and O–H groups in total. The van der Waals surface area contributed by atoms with Gasteiger partial charge in [-0.25, -0.2) is 0 Å². The standard InChI is InChI=1S/C23H31N5O/c1-19-6-5-7-20(18-19)8-11-23(29)28-16-14-27(15-17-28)22-10-9-21(24-25-22)26-12-3-2-4-13-26/h5-7,9-10,18H,2-4,8,11-17H2,1H3. The summed E-state index contributed by atoms with van der Waals surface area (Å²) in [5, 5.41) is 8.92. The number of benzene rings is 1. The van der Waals surface area contributed by atoms with Gasteiger partial charge in [-0.2, -0.15) is 0 Å². The molecule has 0 saturated carbocycles. The molecule has 1 aromatic carbocycles. The number of aromatic nitrogens is 2. The smallest absolute Gasteiger partial charge is 0.223 e. The number of hydrogen-bond donors (Lipinski definition) is 0. The van der Waals surface area contributed by atoms with Gasteiger partial charge in [-0.15, -0.1) is 10.2 Å². The molecule has 0 atom stereocenters. The van der Waals surface area contributed by atoms with Crippen LogP contribution in [0.5, 0.6) is 0 Å². The van der Waals surface area contributed by atoms with Crippen LogP contribution in [-0.4, -0.2) is 60.3 Å². The number of aryl methyl sites for hydroxylation is 2. The van der Waals surface area contributed by atoms with Gasteiger partial charge in [0.05, 0.1) is 0 Å². The molecule has 2 fully saturated rings. The summed E-state index contributed by atoms with van der Waals surface area (Å²) >= 11 is 0. The van der Waals surface area contributed by atoms with Gasteiger partial charge in [-0.3, -0.25) is 4.79 Å². The maximum atomic E-state index is 12.6. The predicted molar refractivity (Wildman–Crippen MR) is 116 cm³/mol. The first-order chi connectivity index (χ1) is 14.2. The molecule has 1 aromatic heterocycles. The van der Waals surface area contributed by atoms with Crippen molar-refractivity contribution in [1.29, 1.82) is 0 Å². The monoisotopic (exact) mass is 393 g/mol. The Morgan fingerprint density at radius 3 is 2.14 bits per heavy atom. The van der Waals surface area contributed by atoms with E-state index in [9.17, 15) is 4.79 Å². The highest BCUT2D eigenvalue weighted by molar-refractivity contribution is 5.76. The molecule has 1 amide bonds. The third-order valence-electron chi connectivity index (χ3n) is 5.98. The number of nitrogens with zero attached hydrogens (tertiary/aromatic N) is 5. The summed E-state index contributed by atoms with van der Waals surface area (Å²) in [6.45, 7) is 7.38. The van der Waals surface area contributed by atoms with Crippen LogP contribution in [0.2, 0.25) is 0 Å². The van der Waals surface area contributed by atoms with Gasteiger partial charge in [0.2, 0.25) is 5.91 Å². The van der Waals surface area contributed by atoms with Crippen molar-refractivity contribution < 1.29 is 4.79 Å². The number of carbonyl (C=O) groups excluding carboxylic acids is 1. The van der Waals surface area contributed by atoms with Crippen LogP contribution in [0.1, 0.15) is 36.8 Å². The Hall–Kier alpha value is -2.63. The van der Waals surface area contributed by atoms with Crippen molar-refractivity contribution in [3.05, 3.63) is 47.5 Å². The maximum absolute atomic E-state index is 12.6. The number of hydrogen-bond acceptors (Lipinski definition) is 5. The molecule has 3 heterocycles. The number of rotatable bonds is 5. The third kappa shape index (κ3) is 5.05. The molecular weight excluding hydrogens is 362 g/mol. The lowest BCUT2D eigenvalue weighted by Crippen LogP contribution is -2.49. The van der Waals surface area contributed by atoms with Crippen molar-refractivity contribution in [3.8, 4) is 0 Å². The second-order valence-electron chi connectivity index (χ2n) is 8.15. The fourth-order valence-corrected chi connectivity index (χ4v) is 4.24. The third-order valence-corrected chi connectivity index (χ3v) is 5.98. The zero-order valence-electron chi connectivity index (χ0n) is 17.4. The van der Waals surface area contributed by atoms with Crippen LogP contribution in [0.3, 0.4) is 0 Å². The number of amides is 1. The van der Waals surface area contributed by atoms with Crippen LogP contribution in [-0.2, 0) is 11.2 Å². The summed E-state index contributed by atoms with van der Waals surface area (Å²) in [6.07, 6.45) is 5.18. The van der Waals surface area contributed by atoms with Crippen molar-refractivity contribution in [2.45, 2.75) is 39.0 Å². The van der Waals surface area contributed by atoms with Crippen LogP contribution < -0.4 is 9.80 Å². The van der Waals surface area contributed by atoms with Crippen LogP contribution in [0.25, 0.3) is 0 Å². The normalized spacial score (nSPS) is 17.5. The molecule has 0 aliphatic carbocycles. The Bertz CT molecular complexity index is 808. The minimum Gasteiger partial charge on any atom is -0.355 e. The molecule has 6 heteroatoms. The van der Waals surface area contributed by atoms with Gasteiger partial charge in [-0.05, 0) is 50.3 Å². The van der Waals surface area contributed by atoms with E-state index in [1.54, 1.807) is 0 Å². The minimum absolute atomic E-state index is 0.248. The Kier molecular flexibility index (Phi) is 6.27. The van der Waals surface area contributed by atoms with E-state index < -0.39 is 0 Å². The lowest BCUT2D eigenvalue weighted by molar-refractivity contribution is -0.131. The second kappa shape index (κ2) is 9.25. The molecule has 29 heavy (non-hydrogen) atoms. The van der Waals surface area contributed by atoms with Crippen LogP contribution in [0.4, 0.5) is 11.6 Å². The first kappa shape index (κ1) is 19.7. The molecule has 0 bridgehead atoms. The number of anilines is 2. The average molecular weight is 394 g/mol. The van der Waals surface area contributed by atoms with Crippen LogP contribution in [0.15, 0.2) is 36.4 Å². The number of piperidine rings is 1. The lowest BCUT2D eigenvalue weighted by atomic mass is 10.1. The summed E-state index contributed by atoms with van der Waals surface area (Å²) in [5.74, 6) is 2.15. The summed E-state index contributed by atoms with van der Waals surface area (Å²) in [7, 11) is 0. The molecule has 4 rings (SSSR count). The number of carbonyl (C=O) groups is 1. The quantitative estimate of drug-likeness (QED) is 0.781. The fraction of sp³-hybridized carbons (Fsp3) is 0.522. The predicted octanol–water partition coefficient (Wildman–Crippen LogP) is 3.06. The van der Waals surface area contributed by atoms with Gasteiger partial charge < -0.3 is 14.7 Å². The Morgan fingerprint density at radius 2 is 1.52 bits per heavy atom. The van der Waals surface area contributed by atoms with Crippen molar-refractivity contribution >= 4 is 17.5 Å². The molecular formula is C23H31N5O. The second-order valence-corrected chi connectivity index (χ2v) is 8.15. The number of piperazine rings is 1. The summed E-state index contributed by atoms with van der Waals surface area (Å²) < 4.78 is 0. The van der Waals surface area contributed by atoms with E-state index in [1.807, 2.05) is 4.90 Å². The molecule has 2 aliphatic heterocycles. The van der Waals surface area contributed by atoms with E-state index in [4.69, 9.17) is 0 Å². The van der Waals surface area contributed by atoms with Gasteiger partial charge in [0, 0.05) is 45.7 Å². The van der Waals surface area contributed by atoms with Crippen LogP contribution in [0, 0.1) is 6.92 Å². The summed E-state index contributed by atoms with van der Waals surface area (Å²) in [5.41, 5.74) is 2.48. The van der Waals surface area contributed by atoms with Gasteiger partial charge in [0.15, 0.2) is 11.6 Å². The highest BCUT2D eigenvalue weighted by Gasteiger charge is 2.22. The lowest BCUT2D eigenvalue weighted by Gasteiger charge is -2.35. The van der Waals surface area contributed by atoms with Gasteiger partial charge in [0.25, 0.3) is 0 Å². The molecule has 0 spiro atoms. The van der Waals surface area contributed by atoms with Crippen molar-refractivity contribution in [2.24, 2.45) is 0 Å². The van der Waals surface area contributed by atoms with E-state index in [0.717, 1.165) is 57.3 Å². The van der Waals surface area contributed by atoms with Crippen molar-refractivity contribution in [1.82, 2.24) is 15.1 Å². The Labute approximate surface area is 173 Å². The van der Waals surface area contributed by atoms with Crippen LogP contribution >= 0.6 is 0 Å². The van der Waals surface area contributed by atoms with E-state index >= 15 is 0 Å². The van der Waals surface area contributed by atoms with E-state index in [1.165, 1.54) is 30.4 Å². The molecule has 2 saturated heterocycles. The molecule has 0 radical (unpaired) electrons. The molecule has 6 nitrogen and oxygen atoms in total. The highest BCUT2D eigenvalue weighted by atomic mass is 16.2. The van der Waals surface area contributed by atoms with E-state index in [0.29, 0.717) is 6.42 Å². The molecule has 2 aliphatic rings. The molecule has 0 unspecified atom stereocenters. The van der Waals surface area contributed by atoms with E-state index in [2.05, 4.69) is 63.3 Å². The summed E-state index contributed by atoms with van der Waals surface area (Å²) in [6, 6.07) is 12.6. The zero-order valence-corrected chi connectivity index (χ0v) is 17.4. The maximum Gasteiger partial charge on any atom is 0.223 e. The van der Waals surface area contributed by atoms with Gasteiger partial charge in [0.1, 0.15) is 0 Å². The first-order valence-corrected chi connectivity index (χ1v) is 10.9. The molecule has 2 aromatic rings.